The molecule has 4 rings (SSSR count). The molecule has 0 unspecified atom stereocenters. The molecule has 0 amide bonds. The first kappa shape index (κ1) is 18.1. The highest BCUT2D eigenvalue weighted by molar-refractivity contribution is 7.16. The van der Waals surface area contributed by atoms with Crippen LogP contribution in [0.15, 0.2) is 42.6 Å². The molecule has 0 atom stereocenters. The van der Waals surface area contributed by atoms with Gasteiger partial charge in [-0.1, -0.05) is 6.07 Å². The summed E-state index contributed by atoms with van der Waals surface area (Å²) in [5.74, 6) is 0.0373. The van der Waals surface area contributed by atoms with Gasteiger partial charge in [-0.05, 0) is 74.7 Å². The molecule has 0 bridgehead atoms. The number of hydrogen-bond donors (Lipinski definition) is 0. The lowest BCUT2D eigenvalue weighted by Gasteiger charge is -2.09. The highest BCUT2D eigenvalue weighted by atomic mass is 32.1. The lowest BCUT2D eigenvalue weighted by molar-refractivity contribution is 0.102. The van der Waals surface area contributed by atoms with Crippen molar-refractivity contribution in [2.75, 3.05) is 0 Å². The molecule has 3 heterocycles. The highest BCUT2D eigenvalue weighted by Crippen LogP contribution is 2.38. The third-order valence-electron chi connectivity index (χ3n) is 5.01. The Labute approximate surface area is 167 Å². The van der Waals surface area contributed by atoms with Gasteiger partial charge in [-0.2, -0.15) is 5.26 Å². The average molecular weight is 385 g/mol. The number of carbonyl (C=O) groups excluding carboxylic acids is 1. The summed E-state index contributed by atoms with van der Waals surface area (Å²) in [7, 11) is 0. The number of carbonyl (C=O) groups is 1. The molecule has 0 spiro atoms. The van der Waals surface area contributed by atoms with E-state index in [-0.39, 0.29) is 5.78 Å². The number of fused-ring (bicyclic) bond motifs is 1. The standard InChI is InChI=1S/C23H19N3OS/c1-13-5-6-19(25-12-13)23-18(11-24)17-9-14(2)15(3)10-20(17)26(23)22-8-7-21(28-22)16(4)27/h5-10,12H,1-4H3. The lowest BCUT2D eigenvalue weighted by atomic mass is 10.0. The van der Waals surface area contributed by atoms with Crippen molar-refractivity contribution in [3.63, 3.8) is 0 Å². The average Bonchev–Trinajstić information content (AvgIpc) is 3.25. The normalized spacial score (nSPS) is 11.0. The Balaban J connectivity index is 2.14. The molecule has 0 N–H and O–H groups in total. The number of aryl methyl sites for hydroxylation is 3. The molecule has 0 aliphatic carbocycles. The van der Waals surface area contributed by atoms with Gasteiger partial charge in [0.05, 0.1) is 27.3 Å². The van der Waals surface area contributed by atoms with Crippen LogP contribution in [-0.2, 0) is 0 Å². The van der Waals surface area contributed by atoms with Crippen LogP contribution in [0.2, 0.25) is 0 Å². The number of thiophene rings is 1. The third kappa shape index (κ3) is 2.83. The molecule has 0 aliphatic heterocycles. The predicted octanol–water partition coefficient (Wildman–Crippen LogP) is 5.75. The Hall–Kier alpha value is -3.23. The molecule has 5 heteroatoms. The highest BCUT2D eigenvalue weighted by Gasteiger charge is 2.22. The maximum atomic E-state index is 11.8. The van der Waals surface area contributed by atoms with Crippen LogP contribution in [0.3, 0.4) is 0 Å². The number of pyridine rings is 1. The van der Waals surface area contributed by atoms with Crippen LogP contribution < -0.4 is 0 Å². The van der Waals surface area contributed by atoms with Gasteiger partial charge in [-0.15, -0.1) is 11.3 Å². The van der Waals surface area contributed by atoms with Crippen molar-refractivity contribution in [3.8, 4) is 22.5 Å². The summed E-state index contributed by atoms with van der Waals surface area (Å²) in [6, 6.07) is 14.3. The van der Waals surface area contributed by atoms with Gasteiger partial charge < -0.3 is 0 Å². The summed E-state index contributed by atoms with van der Waals surface area (Å²) in [5.41, 5.74) is 6.42. The van der Waals surface area contributed by atoms with Crippen molar-refractivity contribution in [1.82, 2.24) is 9.55 Å². The van der Waals surface area contributed by atoms with Gasteiger partial charge in [-0.25, -0.2) is 0 Å². The maximum absolute atomic E-state index is 11.8. The second-order valence-corrected chi connectivity index (χ2v) is 8.10. The van der Waals surface area contributed by atoms with Crippen molar-refractivity contribution in [2.24, 2.45) is 0 Å². The SMILES string of the molecule is CC(=O)c1ccc(-n2c(-c3ccc(C)cn3)c(C#N)c3cc(C)c(C)cc32)s1. The van der Waals surface area contributed by atoms with Crippen LogP contribution in [0.4, 0.5) is 0 Å². The molecule has 0 fully saturated rings. The number of ketones is 1. The number of hydrogen-bond acceptors (Lipinski definition) is 4. The van der Waals surface area contributed by atoms with E-state index in [4.69, 9.17) is 0 Å². The van der Waals surface area contributed by atoms with Crippen molar-refractivity contribution in [2.45, 2.75) is 27.7 Å². The molecular formula is C23H19N3OS. The monoisotopic (exact) mass is 385 g/mol. The fourth-order valence-electron chi connectivity index (χ4n) is 3.38. The topological polar surface area (TPSA) is 58.7 Å². The Morgan fingerprint density at radius 3 is 2.46 bits per heavy atom. The van der Waals surface area contributed by atoms with E-state index in [1.807, 2.05) is 37.4 Å². The van der Waals surface area contributed by atoms with Gasteiger partial charge in [-0.3, -0.25) is 14.3 Å². The molecule has 3 aromatic heterocycles. The second kappa shape index (κ2) is 6.74. The van der Waals surface area contributed by atoms with Gasteiger partial charge in [0, 0.05) is 11.6 Å². The van der Waals surface area contributed by atoms with E-state index in [1.54, 1.807) is 6.92 Å². The number of aromatic nitrogens is 2. The van der Waals surface area contributed by atoms with Crippen LogP contribution in [0.25, 0.3) is 27.3 Å². The fraction of sp³-hybridized carbons (Fsp3) is 0.174. The first-order chi connectivity index (χ1) is 13.4. The summed E-state index contributed by atoms with van der Waals surface area (Å²) in [6.45, 7) is 7.68. The minimum Gasteiger partial charge on any atom is -0.298 e. The number of benzene rings is 1. The third-order valence-corrected chi connectivity index (χ3v) is 6.18. The van der Waals surface area contributed by atoms with Crippen molar-refractivity contribution >= 4 is 28.0 Å². The molecule has 0 saturated carbocycles. The van der Waals surface area contributed by atoms with Gasteiger partial charge in [0.15, 0.2) is 5.78 Å². The zero-order valence-electron chi connectivity index (χ0n) is 16.2. The van der Waals surface area contributed by atoms with Crippen molar-refractivity contribution in [1.29, 1.82) is 5.26 Å². The summed E-state index contributed by atoms with van der Waals surface area (Å²) in [4.78, 5) is 17.1. The van der Waals surface area contributed by atoms with E-state index in [9.17, 15) is 10.1 Å². The number of nitrogens with zero attached hydrogens (tertiary/aromatic N) is 3. The summed E-state index contributed by atoms with van der Waals surface area (Å²) < 4.78 is 2.06. The van der Waals surface area contributed by atoms with E-state index in [0.717, 1.165) is 44.0 Å². The first-order valence-electron chi connectivity index (χ1n) is 9.00. The largest absolute Gasteiger partial charge is 0.298 e. The fourth-order valence-corrected chi connectivity index (χ4v) is 4.30. The molecule has 138 valence electrons. The molecule has 4 aromatic rings. The van der Waals surface area contributed by atoms with Crippen LogP contribution in [-0.4, -0.2) is 15.3 Å². The first-order valence-corrected chi connectivity index (χ1v) is 9.82. The van der Waals surface area contributed by atoms with Gasteiger partial charge in [0.2, 0.25) is 0 Å². The zero-order valence-corrected chi connectivity index (χ0v) is 17.0. The smallest absolute Gasteiger partial charge is 0.169 e. The summed E-state index contributed by atoms with van der Waals surface area (Å²) >= 11 is 1.43. The van der Waals surface area contributed by atoms with E-state index in [1.165, 1.54) is 11.3 Å². The van der Waals surface area contributed by atoms with E-state index in [2.05, 4.69) is 41.6 Å². The number of rotatable bonds is 3. The zero-order chi connectivity index (χ0) is 20.0. The molecular weight excluding hydrogens is 366 g/mol. The minimum atomic E-state index is 0.0373. The van der Waals surface area contributed by atoms with Crippen LogP contribution in [0.5, 0.6) is 0 Å². The van der Waals surface area contributed by atoms with Gasteiger partial charge in [0.1, 0.15) is 11.1 Å². The minimum absolute atomic E-state index is 0.0373. The van der Waals surface area contributed by atoms with E-state index < -0.39 is 0 Å². The Bertz CT molecular complexity index is 1270. The van der Waals surface area contributed by atoms with Crippen LogP contribution >= 0.6 is 11.3 Å². The Morgan fingerprint density at radius 2 is 1.86 bits per heavy atom. The molecule has 4 nitrogen and oxygen atoms in total. The van der Waals surface area contributed by atoms with Crippen LogP contribution in [0, 0.1) is 32.1 Å². The van der Waals surface area contributed by atoms with Crippen LogP contribution in [0.1, 0.15) is 38.8 Å². The molecule has 0 radical (unpaired) electrons. The van der Waals surface area contributed by atoms with E-state index in [0.29, 0.717) is 10.4 Å². The molecule has 0 aliphatic rings. The quantitative estimate of drug-likeness (QED) is 0.422. The lowest BCUT2D eigenvalue weighted by Crippen LogP contribution is -1.97. The number of nitriles is 1. The Morgan fingerprint density at radius 1 is 1.11 bits per heavy atom. The predicted molar refractivity (Wildman–Crippen MR) is 113 cm³/mol. The van der Waals surface area contributed by atoms with Gasteiger partial charge >= 0.3 is 0 Å². The molecule has 0 saturated heterocycles. The summed E-state index contributed by atoms with van der Waals surface area (Å²) in [6.07, 6.45) is 1.81. The van der Waals surface area contributed by atoms with Crippen molar-refractivity contribution < 1.29 is 4.79 Å². The van der Waals surface area contributed by atoms with Crippen molar-refractivity contribution in [3.05, 3.63) is 69.7 Å². The van der Waals surface area contributed by atoms with E-state index >= 15 is 0 Å². The number of Topliss-reactive ketones (excluding diaryl/α,β-unsaturated/α-hetero) is 1. The Kier molecular flexibility index (Phi) is 4.37. The van der Waals surface area contributed by atoms with Gasteiger partial charge in [0.25, 0.3) is 0 Å². The second-order valence-electron chi connectivity index (χ2n) is 7.04. The summed E-state index contributed by atoms with van der Waals surface area (Å²) in [5, 5.41) is 11.8. The maximum Gasteiger partial charge on any atom is 0.169 e. The molecule has 1 aromatic carbocycles. The molecule has 28 heavy (non-hydrogen) atoms.